The predicted molar refractivity (Wildman–Crippen MR) is 68.8 cm³/mol. The van der Waals surface area contributed by atoms with Gasteiger partial charge in [0, 0.05) is 19.0 Å². The maximum Gasteiger partial charge on any atom is 0.314 e. The second-order valence-corrected chi connectivity index (χ2v) is 3.81. The van der Waals surface area contributed by atoms with Gasteiger partial charge < -0.3 is 15.4 Å². The van der Waals surface area contributed by atoms with E-state index in [2.05, 4.69) is 10.6 Å². The van der Waals surface area contributed by atoms with Gasteiger partial charge in [-0.25, -0.2) is 4.79 Å². The molecule has 4 nitrogen and oxygen atoms in total. The lowest BCUT2D eigenvalue weighted by Crippen LogP contribution is -2.37. The zero-order valence-corrected chi connectivity index (χ0v) is 10.6. The maximum absolute atomic E-state index is 11.2. The maximum atomic E-state index is 11.2. The Balaban J connectivity index is 2.33. The Bertz CT molecular complexity index is 358. The summed E-state index contributed by atoms with van der Waals surface area (Å²) in [6, 6.07) is 7.56. The molecule has 2 N–H and O–H groups in total. The molecule has 1 aromatic rings. The SMILES string of the molecule is COc1ccccc1CCNC(=O)NCCCl. The lowest BCUT2D eigenvalue weighted by atomic mass is 10.1. The summed E-state index contributed by atoms with van der Waals surface area (Å²) in [6.07, 6.45) is 0.734. The minimum atomic E-state index is -0.194. The molecular formula is C12H17ClN2O2. The number of methoxy groups -OCH3 is 1. The fraction of sp³-hybridized carbons (Fsp3) is 0.417. The van der Waals surface area contributed by atoms with Crippen molar-refractivity contribution in [3.8, 4) is 5.75 Å². The number of benzene rings is 1. The van der Waals surface area contributed by atoms with Gasteiger partial charge in [-0.2, -0.15) is 0 Å². The number of carbonyl (C=O) groups is 1. The van der Waals surface area contributed by atoms with Crippen LogP contribution in [0.5, 0.6) is 5.75 Å². The summed E-state index contributed by atoms with van der Waals surface area (Å²) in [5.74, 6) is 1.26. The molecule has 0 unspecified atom stereocenters. The van der Waals surface area contributed by atoms with Crippen LogP contribution in [0.1, 0.15) is 5.56 Å². The lowest BCUT2D eigenvalue weighted by Gasteiger charge is -2.09. The molecule has 0 saturated heterocycles. The molecule has 0 aliphatic carbocycles. The van der Waals surface area contributed by atoms with Crippen molar-refractivity contribution >= 4 is 17.6 Å². The number of rotatable bonds is 6. The van der Waals surface area contributed by atoms with Crippen molar-refractivity contribution in [3.05, 3.63) is 29.8 Å². The van der Waals surface area contributed by atoms with Crippen molar-refractivity contribution in [2.24, 2.45) is 0 Å². The molecule has 2 amide bonds. The summed E-state index contributed by atoms with van der Waals surface area (Å²) in [4.78, 5) is 11.2. The smallest absolute Gasteiger partial charge is 0.314 e. The van der Waals surface area contributed by atoms with Crippen LogP contribution in [0.15, 0.2) is 24.3 Å². The third-order valence-corrected chi connectivity index (χ3v) is 2.44. The van der Waals surface area contributed by atoms with E-state index < -0.39 is 0 Å². The fourth-order valence-electron chi connectivity index (χ4n) is 1.44. The topological polar surface area (TPSA) is 50.4 Å². The Kier molecular flexibility index (Phi) is 6.25. The van der Waals surface area contributed by atoms with E-state index in [0.29, 0.717) is 19.0 Å². The van der Waals surface area contributed by atoms with E-state index in [0.717, 1.165) is 17.7 Å². The standard InChI is InChI=1S/C12H17ClN2O2/c1-17-11-5-3-2-4-10(11)6-8-14-12(16)15-9-7-13/h2-5H,6-9H2,1H3,(H2,14,15,16). The summed E-state index contributed by atoms with van der Waals surface area (Å²) in [7, 11) is 1.64. The first-order valence-corrected chi connectivity index (χ1v) is 6.01. The highest BCUT2D eigenvalue weighted by atomic mass is 35.5. The minimum Gasteiger partial charge on any atom is -0.496 e. The average Bonchev–Trinajstić information content (AvgIpc) is 2.37. The van der Waals surface area contributed by atoms with Crippen molar-refractivity contribution in [3.63, 3.8) is 0 Å². The van der Waals surface area contributed by atoms with E-state index in [4.69, 9.17) is 16.3 Å². The highest BCUT2D eigenvalue weighted by molar-refractivity contribution is 6.18. The average molecular weight is 257 g/mol. The minimum absolute atomic E-state index is 0.194. The van der Waals surface area contributed by atoms with Crippen molar-refractivity contribution in [2.45, 2.75) is 6.42 Å². The van der Waals surface area contributed by atoms with E-state index in [1.807, 2.05) is 24.3 Å². The normalized spacial score (nSPS) is 9.76. The number of nitrogens with one attached hydrogen (secondary N) is 2. The molecule has 0 fully saturated rings. The molecule has 0 aliphatic rings. The van der Waals surface area contributed by atoms with E-state index in [1.54, 1.807) is 7.11 Å². The van der Waals surface area contributed by atoms with Gasteiger partial charge >= 0.3 is 6.03 Å². The molecule has 0 aromatic heterocycles. The third-order valence-electron chi connectivity index (χ3n) is 2.25. The molecule has 17 heavy (non-hydrogen) atoms. The number of hydrogen-bond donors (Lipinski definition) is 2. The highest BCUT2D eigenvalue weighted by Crippen LogP contribution is 2.16. The van der Waals surface area contributed by atoms with Gasteiger partial charge in [-0.3, -0.25) is 0 Å². The van der Waals surface area contributed by atoms with E-state index in [1.165, 1.54) is 0 Å². The quantitative estimate of drug-likeness (QED) is 0.763. The van der Waals surface area contributed by atoms with Gasteiger partial charge in [0.05, 0.1) is 7.11 Å². The van der Waals surface area contributed by atoms with Gasteiger partial charge in [0.15, 0.2) is 0 Å². The second kappa shape index (κ2) is 7.79. The van der Waals surface area contributed by atoms with Crippen LogP contribution in [0.3, 0.4) is 0 Å². The molecule has 0 bridgehead atoms. The van der Waals surface area contributed by atoms with Crippen LogP contribution in [0, 0.1) is 0 Å². The van der Waals surface area contributed by atoms with Crippen LogP contribution in [-0.4, -0.2) is 32.1 Å². The summed E-state index contributed by atoms with van der Waals surface area (Å²) in [5.41, 5.74) is 1.08. The van der Waals surface area contributed by atoms with Crippen LogP contribution in [0.25, 0.3) is 0 Å². The Morgan fingerprint density at radius 3 is 2.71 bits per heavy atom. The molecule has 94 valence electrons. The van der Waals surface area contributed by atoms with Crippen molar-refractivity contribution < 1.29 is 9.53 Å². The van der Waals surface area contributed by atoms with Crippen molar-refractivity contribution in [1.29, 1.82) is 0 Å². The predicted octanol–water partition coefficient (Wildman–Crippen LogP) is 1.78. The Labute approximate surface area is 106 Å². The number of ether oxygens (including phenoxy) is 1. The van der Waals surface area contributed by atoms with Crippen molar-refractivity contribution in [2.75, 3.05) is 26.1 Å². The summed E-state index contributed by atoms with van der Waals surface area (Å²) >= 11 is 5.46. The summed E-state index contributed by atoms with van der Waals surface area (Å²) in [5, 5.41) is 5.39. The zero-order valence-electron chi connectivity index (χ0n) is 9.83. The molecule has 0 atom stereocenters. The first-order chi connectivity index (χ1) is 8.27. The lowest BCUT2D eigenvalue weighted by molar-refractivity contribution is 0.241. The van der Waals surface area contributed by atoms with Gasteiger partial charge in [-0.15, -0.1) is 11.6 Å². The van der Waals surface area contributed by atoms with Gasteiger partial charge in [0.25, 0.3) is 0 Å². The molecule has 0 saturated carbocycles. The molecule has 0 aliphatic heterocycles. The first kappa shape index (κ1) is 13.6. The summed E-state index contributed by atoms with van der Waals surface area (Å²) < 4.78 is 5.22. The third kappa shape index (κ3) is 4.95. The molecule has 1 aromatic carbocycles. The Morgan fingerprint density at radius 2 is 2.00 bits per heavy atom. The number of carbonyl (C=O) groups excluding carboxylic acids is 1. The molecule has 0 spiro atoms. The van der Waals surface area contributed by atoms with Gasteiger partial charge in [0.1, 0.15) is 5.75 Å². The van der Waals surface area contributed by atoms with Gasteiger partial charge in [0.2, 0.25) is 0 Å². The molecule has 0 heterocycles. The summed E-state index contributed by atoms with van der Waals surface area (Å²) in [6.45, 7) is 1.04. The number of urea groups is 1. The number of alkyl halides is 1. The number of halogens is 1. The molecular weight excluding hydrogens is 240 g/mol. The van der Waals surface area contributed by atoms with Crippen LogP contribution in [0.2, 0.25) is 0 Å². The largest absolute Gasteiger partial charge is 0.496 e. The molecule has 1 rings (SSSR count). The number of hydrogen-bond acceptors (Lipinski definition) is 2. The van der Waals surface area contributed by atoms with Gasteiger partial charge in [-0.1, -0.05) is 18.2 Å². The number of amides is 2. The monoisotopic (exact) mass is 256 g/mol. The Hall–Kier alpha value is -1.42. The van der Waals surface area contributed by atoms with Gasteiger partial charge in [-0.05, 0) is 18.1 Å². The highest BCUT2D eigenvalue weighted by Gasteiger charge is 2.02. The number of para-hydroxylation sites is 1. The Morgan fingerprint density at radius 1 is 1.29 bits per heavy atom. The van der Waals surface area contributed by atoms with E-state index >= 15 is 0 Å². The van der Waals surface area contributed by atoms with Crippen LogP contribution in [0.4, 0.5) is 4.79 Å². The van der Waals surface area contributed by atoms with Crippen molar-refractivity contribution in [1.82, 2.24) is 10.6 Å². The zero-order chi connectivity index (χ0) is 12.5. The van der Waals surface area contributed by atoms with Crippen LogP contribution in [-0.2, 0) is 6.42 Å². The second-order valence-electron chi connectivity index (χ2n) is 3.43. The first-order valence-electron chi connectivity index (χ1n) is 5.47. The van der Waals surface area contributed by atoms with E-state index in [9.17, 15) is 4.79 Å². The molecule has 0 radical (unpaired) electrons. The van der Waals surface area contributed by atoms with Crippen LogP contribution >= 0.6 is 11.6 Å². The fourth-order valence-corrected chi connectivity index (χ4v) is 1.54. The molecule has 5 heteroatoms. The van der Waals surface area contributed by atoms with Crippen LogP contribution < -0.4 is 15.4 Å². The van der Waals surface area contributed by atoms with E-state index in [-0.39, 0.29) is 6.03 Å².